The third kappa shape index (κ3) is 5.97. The van der Waals surface area contributed by atoms with Gasteiger partial charge < -0.3 is 14.4 Å². The number of amides is 1. The fraction of sp³-hybridized carbons (Fsp3) is 0.304. The number of thiazole rings is 1. The average Bonchev–Trinajstić information content (AvgIpc) is 3.33. The topological polar surface area (TPSA) is 87.7 Å². The lowest BCUT2D eigenvalue weighted by molar-refractivity contribution is -0.112. The van der Waals surface area contributed by atoms with E-state index in [1.807, 2.05) is 35.7 Å². The zero-order valence-electron chi connectivity index (χ0n) is 18.3. The van der Waals surface area contributed by atoms with Crippen LogP contribution in [-0.2, 0) is 16.1 Å². The summed E-state index contributed by atoms with van der Waals surface area (Å²) >= 11 is 3.12. The Morgan fingerprint density at radius 2 is 2.03 bits per heavy atom. The first-order valence-electron chi connectivity index (χ1n) is 10.5. The molecule has 0 spiro atoms. The molecule has 1 N–H and O–H groups in total. The number of anilines is 2. The minimum atomic E-state index is -0.294. The number of nitrogens with one attached hydrogen (secondary N) is 1. The summed E-state index contributed by atoms with van der Waals surface area (Å²) in [6.45, 7) is 4.25. The summed E-state index contributed by atoms with van der Waals surface area (Å²) in [6, 6.07) is 11.4. The molecule has 2 aromatic heterocycles. The highest BCUT2D eigenvalue weighted by molar-refractivity contribution is 7.96. The summed E-state index contributed by atoms with van der Waals surface area (Å²) in [6.07, 6.45) is 4.58. The molecule has 0 bridgehead atoms. The van der Waals surface area contributed by atoms with Gasteiger partial charge in [-0.15, -0.1) is 11.3 Å². The maximum absolute atomic E-state index is 12.7. The number of rotatable bonds is 9. The van der Waals surface area contributed by atoms with Crippen LogP contribution in [0.1, 0.15) is 16.1 Å². The smallest absolute Gasteiger partial charge is 0.276 e. The van der Waals surface area contributed by atoms with E-state index in [4.69, 9.17) is 4.74 Å². The molecule has 1 aromatic carbocycles. The van der Waals surface area contributed by atoms with Crippen molar-refractivity contribution in [3.05, 3.63) is 59.2 Å². The molecule has 0 radical (unpaired) electrons. The van der Waals surface area contributed by atoms with E-state index in [2.05, 4.69) is 30.7 Å². The molecular weight excluding hydrogens is 458 g/mol. The molecule has 0 atom stereocenters. The summed E-state index contributed by atoms with van der Waals surface area (Å²) in [5.74, 6) is -0.294. The number of carbonyl (C=O) groups excluding carboxylic acids is 2. The first kappa shape index (κ1) is 23.4. The monoisotopic (exact) mass is 483 g/mol. The summed E-state index contributed by atoms with van der Waals surface area (Å²) in [5, 5.41) is 5.22. The normalized spacial score (nSPS) is 14.3. The number of ether oxygens (including phenoxy) is 1. The number of benzene rings is 1. The van der Waals surface area contributed by atoms with E-state index in [0.29, 0.717) is 17.4 Å². The van der Waals surface area contributed by atoms with Crippen LogP contribution in [0.25, 0.3) is 11.3 Å². The Morgan fingerprint density at radius 1 is 1.21 bits per heavy atom. The van der Waals surface area contributed by atoms with E-state index in [0.717, 1.165) is 55.0 Å². The summed E-state index contributed by atoms with van der Waals surface area (Å²) in [5.41, 5.74) is 3.95. The van der Waals surface area contributed by atoms with Gasteiger partial charge in [-0.1, -0.05) is 36.2 Å². The Labute approximate surface area is 201 Å². The first-order chi connectivity index (χ1) is 16.2. The SMILES string of the molecule is CSN1CCN(c2ccc(C(=O)Nc3nc(-c4ccccc4COCC=O)cs3)nc2)CC1. The molecule has 33 heavy (non-hydrogen) atoms. The lowest BCUT2D eigenvalue weighted by Gasteiger charge is -2.34. The van der Waals surface area contributed by atoms with E-state index < -0.39 is 0 Å². The number of hydrogen-bond donors (Lipinski definition) is 1. The minimum Gasteiger partial charge on any atom is -0.369 e. The van der Waals surface area contributed by atoms with Crippen molar-refractivity contribution in [3.63, 3.8) is 0 Å². The van der Waals surface area contributed by atoms with Crippen molar-refractivity contribution >= 4 is 46.3 Å². The van der Waals surface area contributed by atoms with Crippen LogP contribution in [0.5, 0.6) is 0 Å². The number of pyridine rings is 1. The highest BCUT2D eigenvalue weighted by Crippen LogP contribution is 2.28. The molecule has 0 aliphatic carbocycles. The molecule has 1 saturated heterocycles. The number of carbonyl (C=O) groups is 2. The van der Waals surface area contributed by atoms with E-state index in [1.165, 1.54) is 11.3 Å². The van der Waals surface area contributed by atoms with E-state index in [9.17, 15) is 9.59 Å². The second-order valence-corrected chi connectivity index (χ2v) is 9.07. The van der Waals surface area contributed by atoms with Gasteiger partial charge in [0.1, 0.15) is 18.6 Å². The van der Waals surface area contributed by atoms with Crippen LogP contribution in [0.2, 0.25) is 0 Å². The number of nitrogens with zero attached hydrogens (tertiary/aromatic N) is 4. The van der Waals surface area contributed by atoms with E-state index >= 15 is 0 Å². The molecular formula is C23H25N5O3S2. The quantitative estimate of drug-likeness (QED) is 0.281. The van der Waals surface area contributed by atoms with Gasteiger partial charge in [-0.25, -0.2) is 14.3 Å². The van der Waals surface area contributed by atoms with Gasteiger partial charge in [-0.2, -0.15) is 0 Å². The Hall–Kier alpha value is -2.79. The molecule has 3 aromatic rings. The third-order valence-corrected chi connectivity index (χ3v) is 6.94. The molecule has 1 aliphatic rings. The second kappa shape index (κ2) is 11.4. The molecule has 0 saturated carbocycles. The molecule has 172 valence electrons. The fourth-order valence-corrected chi connectivity index (χ4v) is 4.80. The van der Waals surface area contributed by atoms with Gasteiger partial charge in [0.25, 0.3) is 5.91 Å². The number of piperazine rings is 1. The van der Waals surface area contributed by atoms with Crippen molar-refractivity contribution in [1.82, 2.24) is 14.3 Å². The van der Waals surface area contributed by atoms with Gasteiger partial charge >= 0.3 is 0 Å². The predicted molar refractivity (Wildman–Crippen MR) is 133 cm³/mol. The van der Waals surface area contributed by atoms with Crippen molar-refractivity contribution < 1.29 is 14.3 Å². The van der Waals surface area contributed by atoms with Gasteiger partial charge in [-0.05, 0) is 24.0 Å². The van der Waals surface area contributed by atoms with E-state index in [-0.39, 0.29) is 12.5 Å². The van der Waals surface area contributed by atoms with Gasteiger partial charge in [0.2, 0.25) is 0 Å². The van der Waals surface area contributed by atoms with Crippen molar-refractivity contribution in [2.45, 2.75) is 6.61 Å². The number of hydrogen-bond acceptors (Lipinski definition) is 9. The second-order valence-electron chi connectivity index (χ2n) is 7.33. The zero-order valence-corrected chi connectivity index (χ0v) is 19.9. The van der Waals surface area contributed by atoms with Crippen molar-refractivity contribution in [1.29, 1.82) is 0 Å². The van der Waals surface area contributed by atoms with E-state index in [1.54, 1.807) is 24.2 Å². The summed E-state index contributed by atoms with van der Waals surface area (Å²) in [7, 11) is 0. The number of aldehydes is 1. The predicted octanol–water partition coefficient (Wildman–Crippen LogP) is 3.57. The molecule has 1 amide bonds. The average molecular weight is 484 g/mol. The highest BCUT2D eigenvalue weighted by atomic mass is 32.2. The highest BCUT2D eigenvalue weighted by Gasteiger charge is 2.18. The van der Waals surface area contributed by atoms with Crippen molar-refractivity contribution in [2.75, 3.05) is 49.3 Å². The Morgan fingerprint density at radius 3 is 2.76 bits per heavy atom. The summed E-state index contributed by atoms with van der Waals surface area (Å²) in [4.78, 5) is 34.4. The molecule has 1 fully saturated rings. The molecule has 0 unspecified atom stereocenters. The largest absolute Gasteiger partial charge is 0.369 e. The molecule has 10 heteroatoms. The maximum atomic E-state index is 12.7. The Balaban J connectivity index is 1.39. The molecule has 3 heterocycles. The Bertz CT molecular complexity index is 1080. The lowest BCUT2D eigenvalue weighted by Crippen LogP contribution is -2.43. The maximum Gasteiger partial charge on any atom is 0.276 e. The third-order valence-electron chi connectivity index (χ3n) is 5.30. The first-order valence-corrected chi connectivity index (χ1v) is 12.6. The fourth-order valence-electron chi connectivity index (χ4n) is 3.57. The standard InChI is InChI=1S/C23H25N5O3S2/c1-32-28-10-8-27(9-11-28)18-6-7-20(24-14-18)22(30)26-23-25-21(16-33-23)19-5-3-2-4-17(19)15-31-13-12-29/h2-7,12,14,16H,8-11,13,15H2,1H3,(H,25,26,30). The van der Waals surface area contributed by atoms with Crippen LogP contribution in [0.3, 0.4) is 0 Å². The Kier molecular flexibility index (Phi) is 8.05. The van der Waals surface area contributed by atoms with Crippen LogP contribution >= 0.6 is 23.3 Å². The van der Waals surface area contributed by atoms with Crippen LogP contribution in [-0.4, -0.2) is 65.5 Å². The molecule has 1 aliphatic heterocycles. The summed E-state index contributed by atoms with van der Waals surface area (Å²) < 4.78 is 7.69. The van der Waals surface area contributed by atoms with Crippen molar-refractivity contribution in [3.8, 4) is 11.3 Å². The van der Waals surface area contributed by atoms with Gasteiger partial charge in [-0.3, -0.25) is 10.1 Å². The molecule has 4 rings (SSSR count). The van der Waals surface area contributed by atoms with Crippen LogP contribution in [0.15, 0.2) is 48.0 Å². The minimum absolute atomic E-state index is 0.0481. The van der Waals surface area contributed by atoms with Gasteiger partial charge in [0.05, 0.1) is 24.2 Å². The van der Waals surface area contributed by atoms with Gasteiger partial charge in [0.15, 0.2) is 5.13 Å². The van der Waals surface area contributed by atoms with Crippen LogP contribution in [0.4, 0.5) is 10.8 Å². The van der Waals surface area contributed by atoms with Gasteiger partial charge in [0, 0.05) is 37.1 Å². The van der Waals surface area contributed by atoms with Crippen LogP contribution < -0.4 is 10.2 Å². The lowest BCUT2D eigenvalue weighted by atomic mass is 10.1. The molecule has 8 nitrogen and oxygen atoms in total. The van der Waals surface area contributed by atoms with Crippen molar-refractivity contribution in [2.24, 2.45) is 0 Å². The number of aromatic nitrogens is 2. The van der Waals surface area contributed by atoms with Crippen LogP contribution in [0, 0.1) is 0 Å². The zero-order chi connectivity index (χ0) is 23.0.